The Kier molecular flexibility index (Phi) is 3.46. The molecule has 3 heterocycles. The van der Waals surface area contributed by atoms with E-state index in [1.807, 2.05) is 57.7 Å². The molecule has 3 aliphatic heterocycles. The molecule has 0 radical (unpaired) electrons. The molecule has 0 aliphatic carbocycles. The van der Waals surface area contributed by atoms with Crippen LogP contribution in [0.3, 0.4) is 0 Å². The topological polar surface area (TPSA) is 66.5 Å². The lowest BCUT2D eigenvalue weighted by Crippen LogP contribution is -2.51. The van der Waals surface area contributed by atoms with Crippen LogP contribution in [-0.4, -0.2) is 29.7 Å². The molecule has 4 atom stereocenters. The molecule has 1 aromatic rings. The molecule has 2 fully saturated rings. The van der Waals surface area contributed by atoms with E-state index in [1.54, 1.807) is 0 Å². The summed E-state index contributed by atoms with van der Waals surface area (Å²) >= 11 is 0. The van der Waals surface area contributed by atoms with E-state index in [2.05, 4.69) is 11.4 Å². The van der Waals surface area contributed by atoms with Crippen LogP contribution >= 0.6 is 0 Å². The minimum Gasteiger partial charge on any atom is -0.353 e. The number of ketones is 1. The van der Waals surface area contributed by atoms with Crippen molar-refractivity contribution in [1.82, 2.24) is 5.32 Å². The van der Waals surface area contributed by atoms with Gasteiger partial charge >= 0.3 is 0 Å². The molecule has 3 aliphatic rings. The van der Waals surface area contributed by atoms with E-state index < -0.39 is 23.3 Å². The van der Waals surface area contributed by atoms with Crippen LogP contribution in [0.5, 0.6) is 0 Å². The molecule has 4 rings (SSSR count). The molecule has 0 aromatic heterocycles. The molecule has 136 valence electrons. The van der Waals surface area contributed by atoms with Crippen molar-refractivity contribution in [1.29, 1.82) is 0 Å². The summed E-state index contributed by atoms with van der Waals surface area (Å²) in [7, 11) is 0. The van der Waals surface area contributed by atoms with Crippen molar-refractivity contribution in [3.8, 4) is 0 Å². The van der Waals surface area contributed by atoms with Gasteiger partial charge in [-0.2, -0.15) is 0 Å². The van der Waals surface area contributed by atoms with E-state index in [0.717, 1.165) is 22.4 Å². The summed E-state index contributed by atoms with van der Waals surface area (Å²) in [5.74, 6) is -1.73. The lowest BCUT2D eigenvalue weighted by Gasteiger charge is -2.39. The molecule has 1 aromatic carbocycles. The summed E-state index contributed by atoms with van der Waals surface area (Å²) < 4.78 is 0. The van der Waals surface area contributed by atoms with E-state index in [-0.39, 0.29) is 23.6 Å². The summed E-state index contributed by atoms with van der Waals surface area (Å²) in [6.07, 6.45) is 2.05. The molecule has 0 bridgehead atoms. The Morgan fingerprint density at radius 2 is 1.73 bits per heavy atom. The Balaban J connectivity index is 1.93. The molecule has 0 spiro atoms. The first-order valence-electron chi connectivity index (χ1n) is 9.08. The molecular weight excluding hydrogens is 328 g/mol. The molecule has 5 heteroatoms. The Hall–Kier alpha value is -2.43. The van der Waals surface area contributed by atoms with Crippen LogP contribution in [0.25, 0.3) is 5.57 Å². The van der Waals surface area contributed by atoms with Crippen molar-refractivity contribution in [2.24, 2.45) is 17.3 Å². The third-order valence-corrected chi connectivity index (χ3v) is 5.85. The van der Waals surface area contributed by atoms with Gasteiger partial charge in [-0.15, -0.1) is 0 Å². The zero-order valence-electron chi connectivity index (χ0n) is 15.8. The van der Waals surface area contributed by atoms with Gasteiger partial charge in [-0.05, 0) is 31.6 Å². The van der Waals surface area contributed by atoms with Gasteiger partial charge in [-0.25, -0.2) is 0 Å². The van der Waals surface area contributed by atoms with Crippen molar-refractivity contribution < 1.29 is 14.4 Å². The van der Waals surface area contributed by atoms with Crippen LogP contribution in [-0.2, 0) is 14.4 Å². The number of Topliss-reactive ketones (excluding diaryl/α,β-unsaturated/α-hetero) is 1. The maximum absolute atomic E-state index is 13.3. The predicted molar refractivity (Wildman–Crippen MR) is 99.5 cm³/mol. The number of anilines is 1. The van der Waals surface area contributed by atoms with E-state index >= 15 is 0 Å². The van der Waals surface area contributed by atoms with Crippen LogP contribution in [0.15, 0.2) is 24.3 Å². The van der Waals surface area contributed by atoms with Gasteiger partial charge in [0.25, 0.3) is 0 Å². The van der Waals surface area contributed by atoms with E-state index in [9.17, 15) is 14.4 Å². The number of allylic oxidation sites excluding steroid dienone is 1. The first-order valence-corrected chi connectivity index (χ1v) is 9.08. The monoisotopic (exact) mass is 352 g/mol. The fourth-order valence-electron chi connectivity index (χ4n) is 4.62. The van der Waals surface area contributed by atoms with Crippen LogP contribution in [0.1, 0.15) is 38.8 Å². The standard InChI is InChI=1S/C21H24N2O3/c1-10-6-7-13-12(8-10)11(2)9-14-15-16(20(26)22-19(15)25)17(23(13)14)18(24)21(3,4)5/h6-9,14-17H,1-5H3,(H,22,25,26)/t14-,15+,16-,17+/m1/s1. The first kappa shape index (κ1) is 17.0. The highest BCUT2D eigenvalue weighted by Crippen LogP contribution is 2.49. The number of carbonyl (C=O) groups is 3. The van der Waals surface area contributed by atoms with Gasteiger partial charge in [0, 0.05) is 16.7 Å². The second-order valence-electron chi connectivity index (χ2n) is 8.73. The number of amides is 2. The molecule has 26 heavy (non-hydrogen) atoms. The molecule has 2 saturated heterocycles. The number of hydrogen-bond acceptors (Lipinski definition) is 4. The molecule has 5 nitrogen and oxygen atoms in total. The summed E-state index contributed by atoms with van der Waals surface area (Å²) in [5, 5.41) is 2.45. The molecule has 2 amide bonds. The van der Waals surface area contributed by atoms with Crippen LogP contribution in [0, 0.1) is 24.2 Å². The number of carbonyl (C=O) groups excluding carboxylic acids is 3. The zero-order chi connectivity index (χ0) is 19.0. The number of imide groups is 1. The zero-order valence-corrected chi connectivity index (χ0v) is 15.8. The Morgan fingerprint density at radius 1 is 1.08 bits per heavy atom. The van der Waals surface area contributed by atoms with Crippen molar-refractivity contribution >= 4 is 28.9 Å². The van der Waals surface area contributed by atoms with Gasteiger partial charge < -0.3 is 4.90 Å². The lowest BCUT2D eigenvalue weighted by atomic mass is 9.79. The maximum Gasteiger partial charge on any atom is 0.233 e. The lowest BCUT2D eigenvalue weighted by molar-refractivity contribution is -0.132. The first-order chi connectivity index (χ1) is 12.1. The SMILES string of the molecule is CC1=C[C@@H]2[C@@H]3C(=O)NC(=O)[C@H]3[C@@H](C(=O)C(C)(C)C)N2c2ccc(C)cc21. The van der Waals surface area contributed by atoms with E-state index in [1.165, 1.54) is 0 Å². The van der Waals surface area contributed by atoms with E-state index in [4.69, 9.17) is 0 Å². The fourth-order valence-corrected chi connectivity index (χ4v) is 4.62. The molecular formula is C21H24N2O3. The Bertz CT molecular complexity index is 878. The van der Waals surface area contributed by atoms with Gasteiger partial charge in [-0.3, -0.25) is 19.7 Å². The van der Waals surface area contributed by atoms with Crippen LogP contribution in [0.2, 0.25) is 0 Å². The third kappa shape index (κ3) is 2.19. The summed E-state index contributed by atoms with van der Waals surface area (Å²) in [4.78, 5) is 40.4. The maximum atomic E-state index is 13.3. The van der Waals surface area contributed by atoms with Crippen molar-refractivity contribution in [3.05, 3.63) is 35.4 Å². The van der Waals surface area contributed by atoms with Gasteiger partial charge in [-0.1, -0.05) is 38.5 Å². The van der Waals surface area contributed by atoms with Gasteiger partial charge in [0.15, 0.2) is 5.78 Å². The minimum absolute atomic E-state index is 0.000622. The van der Waals surface area contributed by atoms with Gasteiger partial charge in [0.2, 0.25) is 11.8 Å². The highest BCUT2D eigenvalue weighted by molar-refractivity contribution is 6.12. The predicted octanol–water partition coefficient (Wildman–Crippen LogP) is 2.47. The second kappa shape index (κ2) is 5.29. The third-order valence-electron chi connectivity index (χ3n) is 5.85. The van der Waals surface area contributed by atoms with Gasteiger partial charge in [0.05, 0.1) is 17.9 Å². The quantitative estimate of drug-likeness (QED) is 0.789. The number of nitrogens with one attached hydrogen (secondary N) is 1. The highest BCUT2D eigenvalue weighted by Gasteiger charge is 2.62. The Morgan fingerprint density at radius 3 is 2.38 bits per heavy atom. The number of rotatable bonds is 1. The number of aryl methyl sites for hydroxylation is 1. The molecule has 1 N–H and O–H groups in total. The summed E-state index contributed by atoms with van der Waals surface area (Å²) in [5.41, 5.74) is 3.64. The fraction of sp³-hybridized carbons (Fsp3) is 0.476. The minimum atomic E-state index is -0.629. The van der Waals surface area contributed by atoms with Crippen LogP contribution < -0.4 is 10.2 Å². The smallest absolute Gasteiger partial charge is 0.233 e. The molecule has 0 unspecified atom stereocenters. The normalized spacial score (nSPS) is 29.7. The van der Waals surface area contributed by atoms with E-state index in [0.29, 0.717) is 0 Å². The summed E-state index contributed by atoms with van der Waals surface area (Å²) in [6.45, 7) is 9.67. The summed E-state index contributed by atoms with van der Waals surface area (Å²) in [6, 6.07) is 5.25. The number of benzene rings is 1. The average Bonchev–Trinajstić information content (AvgIpc) is 3.02. The van der Waals surface area contributed by atoms with Crippen LogP contribution in [0.4, 0.5) is 5.69 Å². The van der Waals surface area contributed by atoms with Gasteiger partial charge in [0.1, 0.15) is 6.04 Å². The van der Waals surface area contributed by atoms with Crippen molar-refractivity contribution in [3.63, 3.8) is 0 Å². The molecule has 0 saturated carbocycles. The van der Waals surface area contributed by atoms with Crippen molar-refractivity contribution in [2.75, 3.05) is 4.90 Å². The number of nitrogens with zero attached hydrogens (tertiary/aromatic N) is 1. The number of hydrogen-bond donors (Lipinski definition) is 1. The second-order valence-corrected chi connectivity index (χ2v) is 8.73. The Labute approximate surface area is 153 Å². The number of fused-ring (bicyclic) bond motifs is 5. The van der Waals surface area contributed by atoms with Crippen molar-refractivity contribution in [2.45, 2.75) is 46.7 Å². The average molecular weight is 352 g/mol. The largest absolute Gasteiger partial charge is 0.353 e. The highest BCUT2D eigenvalue weighted by atomic mass is 16.2.